The third-order valence-corrected chi connectivity index (χ3v) is 2.85. The van der Waals surface area contributed by atoms with E-state index < -0.39 is 6.10 Å². The summed E-state index contributed by atoms with van der Waals surface area (Å²) in [4.78, 5) is 11.4. The molecule has 0 amide bonds. The third kappa shape index (κ3) is 1.20. The molecule has 0 aromatic carbocycles. The van der Waals surface area contributed by atoms with Crippen LogP contribution in [0.1, 0.15) is 38.5 Å². The van der Waals surface area contributed by atoms with E-state index in [0.29, 0.717) is 6.42 Å². The van der Waals surface area contributed by atoms with Crippen molar-refractivity contribution in [2.24, 2.45) is 0 Å². The highest BCUT2D eigenvalue weighted by atomic mass is 16.3. The Morgan fingerprint density at radius 1 is 1.17 bits per heavy atom. The van der Waals surface area contributed by atoms with E-state index in [1.807, 2.05) is 0 Å². The molecular formula is C10H14O2. The van der Waals surface area contributed by atoms with Gasteiger partial charge in [0.15, 0.2) is 5.78 Å². The number of hydrogen-bond donors (Lipinski definition) is 1. The van der Waals surface area contributed by atoms with Crippen molar-refractivity contribution < 1.29 is 9.90 Å². The largest absolute Gasteiger partial charge is 0.388 e. The van der Waals surface area contributed by atoms with Gasteiger partial charge in [0.05, 0.1) is 6.10 Å². The predicted molar refractivity (Wildman–Crippen MR) is 45.7 cm³/mol. The normalized spacial score (nSPS) is 30.4. The zero-order valence-electron chi connectivity index (χ0n) is 7.18. The van der Waals surface area contributed by atoms with Crippen molar-refractivity contribution in [2.45, 2.75) is 44.6 Å². The van der Waals surface area contributed by atoms with Crippen molar-refractivity contribution in [3.8, 4) is 0 Å². The van der Waals surface area contributed by atoms with Crippen LogP contribution in [0.3, 0.4) is 0 Å². The average molecular weight is 166 g/mol. The highest BCUT2D eigenvalue weighted by molar-refractivity contribution is 5.98. The first-order valence-electron chi connectivity index (χ1n) is 4.72. The molecule has 2 rings (SSSR count). The number of rotatable bonds is 0. The third-order valence-electron chi connectivity index (χ3n) is 2.85. The van der Waals surface area contributed by atoms with Gasteiger partial charge in [-0.2, -0.15) is 0 Å². The van der Waals surface area contributed by atoms with Crippen LogP contribution in [0.15, 0.2) is 11.1 Å². The van der Waals surface area contributed by atoms with Gasteiger partial charge in [-0.15, -0.1) is 0 Å². The summed E-state index contributed by atoms with van der Waals surface area (Å²) < 4.78 is 0. The second-order valence-electron chi connectivity index (χ2n) is 3.70. The van der Waals surface area contributed by atoms with Crippen LogP contribution in [-0.2, 0) is 4.79 Å². The average Bonchev–Trinajstić information content (AvgIpc) is 2.04. The number of carbonyl (C=O) groups excluding carboxylic acids is 1. The molecular weight excluding hydrogens is 152 g/mol. The van der Waals surface area contributed by atoms with Crippen LogP contribution in [0.4, 0.5) is 0 Å². The van der Waals surface area contributed by atoms with Crippen LogP contribution in [-0.4, -0.2) is 17.0 Å². The molecule has 1 N–H and O–H groups in total. The summed E-state index contributed by atoms with van der Waals surface area (Å²) in [6.45, 7) is 0. The first kappa shape index (κ1) is 7.99. The minimum absolute atomic E-state index is 0.198. The Bertz CT molecular complexity index is 236. The Morgan fingerprint density at radius 3 is 2.67 bits per heavy atom. The van der Waals surface area contributed by atoms with Gasteiger partial charge in [-0.25, -0.2) is 0 Å². The lowest BCUT2D eigenvalue weighted by Gasteiger charge is -2.27. The van der Waals surface area contributed by atoms with Gasteiger partial charge < -0.3 is 5.11 Å². The zero-order chi connectivity index (χ0) is 8.55. The van der Waals surface area contributed by atoms with Gasteiger partial charge in [-0.05, 0) is 32.1 Å². The molecule has 0 radical (unpaired) electrons. The summed E-state index contributed by atoms with van der Waals surface area (Å²) in [6, 6.07) is 0. The van der Waals surface area contributed by atoms with Gasteiger partial charge in [-0.1, -0.05) is 5.57 Å². The summed E-state index contributed by atoms with van der Waals surface area (Å²) >= 11 is 0. The van der Waals surface area contributed by atoms with Gasteiger partial charge >= 0.3 is 0 Å². The summed E-state index contributed by atoms with van der Waals surface area (Å²) in [6.07, 6.45) is 5.11. The molecule has 0 heterocycles. The molecule has 12 heavy (non-hydrogen) atoms. The van der Waals surface area contributed by atoms with E-state index in [1.54, 1.807) is 0 Å². The van der Waals surface area contributed by atoms with Crippen LogP contribution in [0.25, 0.3) is 0 Å². The van der Waals surface area contributed by atoms with Gasteiger partial charge in [0, 0.05) is 12.0 Å². The molecule has 0 spiro atoms. The maximum Gasteiger partial charge on any atom is 0.161 e. The summed E-state index contributed by atoms with van der Waals surface area (Å²) in [7, 11) is 0. The first-order chi connectivity index (χ1) is 5.79. The predicted octanol–water partition coefficient (Wildman–Crippen LogP) is 1.58. The van der Waals surface area contributed by atoms with E-state index in [0.717, 1.165) is 37.7 Å². The van der Waals surface area contributed by atoms with E-state index in [2.05, 4.69) is 0 Å². The Morgan fingerprint density at radius 2 is 1.92 bits per heavy atom. The van der Waals surface area contributed by atoms with E-state index in [4.69, 9.17) is 0 Å². The minimum atomic E-state index is -0.443. The Hall–Kier alpha value is -0.630. The fourth-order valence-corrected chi connectivity index (χ4v) is 2.26. The Kier molecular flexibility index (Phi) is 2.01. The number of aliphatic hydroxyl groups is 1. The van der Waals surface area contributed by atoms with Crippen molar-refractivity contribution in [1.82, 2.24) is 0 Å². The molecule has 0 bridgehead atoms. The van der Waals surface area contributed by atoms with Crippen LogP contribution >= 0.6 is 0 Å². The number of carbonyl (C=O) groups is 1. The van der Waals surface area contributed by atoms with Crippen molar-refractivity contribution in [3.63, 3.8) is 0 Å². The van der Waals surface area contributed by atoms with Crippen molar-refractivity contribution in [2.75, 3.05) is 0 Å². The topological polar surface area (TPSA) is 37.3 Å². The fourth-order valence-electron chi connectivity index (χ4n) is 2.26. The smallest absolute Gasteiger partial charge is 0.161 e. The highest BCUT2D eigenvalue weighted by Gasteiger charge is 2.28. The van der Waals surface area contributed by atoms with Gasteiger partial charge in [0.2, 0.25) is 0 Å². The van der Waals surface area contributed by atoms with E-state index in [9.17, 15) is 9.90 Å². The second-order valence-corrected chi connectivity index (χ2v) is 3.70. The molecule has 0 saturated heterocycles. The van der Waals surface area contributed by atoms with Crippen LogP contribution in [0.5, 0.6) is 0 Å². The number of aliphatic hydroxyl groups excluding tert-OH is 1. The maximum atomic E-state index is 11.4. The molecule has 2 heteroatoms. The van der Waals surface area contributed by atoms with Crippen LogP contribution < -0.4 is 0 Å². The zero-order valence-corrected chi connectivity index (χ0v) is 7.18. The molecule has 1 atom stereocenters. The number of hydrogen-bond acceptors (Lipinski definition) is 2. The van der Waals surface area contributed by atoms with E-state index in [1.165, 1.54) is 5.57 Å². The highest BCUT2D eigenvalue weighted by Crippen LogP contribution is 2.33. The first-order valence-corrected chi connectivity index (χ1v) is 4.72. The van der Waals surface area contributed by atoms with Crippen molar-refractivity contribution >= 4 is 5.78 Å². The van der Waals surface area contributed by atoms with E-state index in [-0.39, 0.29) is 5.78 Å². The van der Waals surface area contributed by atoms with Gasteiger partial charge in [-0.3, -0.25) is 4.79 Å². The second kappa shape index (κ2) is 3.02. The molecule has 0 aromatic rings. The van der Waals surface area contributed by atoms with Crippen molar-refractivity contribution in [1.29, 1.82) is 0 Å². The minimum Gasteiger partial charge on any atom is -0.388 e. The lowest BCUT2D eigenvalue weighted by molar-refractivity contribution is -0.117. The molecule has 0 aromatic heterocycles. The molecule has 2 aliphatic carbocycles. The summed E-state index contributed by atoms with van der Waals surface area (Å²) in [5.74, 6) is 0.198. The number of Topliss-reactive ketones (excluding diaryl/α,β-unsaturated/α-hetero) is 1. The maximum absolute atomic E-state index is 11.4. The summed E-state index contributed by atoms with van der Waals surface area (Å²) in [5, 5.41) is 9.60. The molecule has 66 valence electrons. The lowest BCUT2D eigenvalue weighted by atomic mass is 9.80. The van der Waals surface area contributed by atoms with Crippen LogP contribution in [0.2, 0.25) is 0 Å². The number of allylic oxidation sites excluding steroid dienone is 1. The molecule has 1 unspecified atom stereocenters. The molecule has 2 nitrogen and oxygen atoms in total. The van der Waals surface area contributed by atoms with E-state index >= 15 is 0 Å². The molecule has 0 aliphatic heterocycles. The van der Waals surface area contributed by atoms with Gasteiger partial charge in [0.1, 0.15) is 0 Å². The monoisotopic (exact) mass is 166 g/mol. The Labute approximate surface area is 72.3 Å². The molecule has 2 aliphatic rings. The Balaban J connectivity index is 2.33. The standard InChI is InChI=1S/C10H14O2/c11-8-5-1-3-7-4-2-6-9(12)10(7)8/h8,11H,1-6H2. The van der Waals surface area contributed by atoms with Crippen LogP contribution in [0, 0.1) is 0 Å². The van der Waals surface area contributed by atoms with Gasteiger partial charge in [0.25, 0.3) is 0 Å². The quantitative estimate of drug-likeness (QED) is 0.593. The lowest BCUT2D eigenvalue weighted by Crippen LogP contribution is -2.26. The SMILES string of the molecule is O=C1CCCC2=C1C(O)CCC2. The number of ketones is 1. The fraction of sp³-hybridized carbons (Fsp3) is 0.700. The van der Waals surface area contributed by atoms with Crippen molar-refractivity contribution in [3.05, 3.63) is 11.1 Å². The molecule has 0 fully saturated rings. The summed E-state index contributed by atoms with van der Waals surface area (Å²) in [5.41, 5.74) is 2.01. The molecule has 0 saturated carbocycles.